The van der Waals surface area contributed by atoms with Crippen LogP contribution in [0.2, 0.25) is 0 Å². The molecular formula is C20H11N3O6. The van der Waals surface area contributed by atoms with Crippen molar-refractivity contribution in [1.82, 2.24) is 9.97 Å². The smallest absolute Gasteiger partial charge is 0.335 e. The molecule has 0 saturated carbocycles. The molecule has 29 heavy (non-hydrogen) atoms. The Morgan fingerprint density at radius 3 is 2.03 bits per heavy atom. The van der Waals surface area contributed by atoms with E-state index in [0.29, 0.717) is 11.4 Å². The number of aromatic nitrogens is 2. The summed E-state index contributed by atoms with van der Waals surface area (Å²) in [5, 5.41) is 18.5. The summed E-state index contributed by atoms with van der Waals surface area (Å²) < 4.78 is 0. The van der Waals surface area contributed by atoms with Gasteiger partial charge in [-0.25, -0.2) is 14.5 Å². The van der Waals surface area contributed by atoms with Gasteiger partial charge >= 0.3 is 11.9 Å². The second-order valence-electron chi connectivity index (χ2n) is 6.15. The summed E-state index contributed by atoms with van der Waals surface area (Å²) in [5.41, 5.74) is 0.142. The highest BCUT2D eigenvalue weighted by Crippen LogP contribution is 2.31. The zero-order chi connectivity index (χ0) is 20.7. The standard InChI is InChI=1S/C20H11N3O6/c24-17-13-8-16(15-3-1-2-4-21-15)22-9-14(13)18(25)23(17)12-6-10(19(26)27)5-11(7-12)20(28)29/h1-9H,(H,26,27)(H,28,29). The largest absolute Gasteiger partial charge is 0.478 e. The van der Waals surface area contributed by atoms with E-state index in [4.69, 9.17) is 0 Å². The maximum Gasteiger partial charge on any atom is 0.335 e. The van der Waals surface area contributed by atoms with E-state index >= 15 is 0 Å². The second-order valence-corrected chi connectivity index (χ2v) is 6.15. The summed E-state index contributed by atoms with van der Waals surface area (Å²) in [5.74, 6) is -4.19. The van der Waals surface area contributed by atoms with Crippen LogP contribution in [0.15, 0.2) is 54.9 Å². The average Bonchev–Trinajstić information content (AvgIpc) is 2.98. The third kappa shape index (κ3) is 3.00. The zero-order valence-corrected chi connectivity index (χ0v) is 14.6. The molecule has 2 aromatic heterocycles. The minimum Gasteiger partial charge on any atom is -0.478 e. The van der Waals surface area contributed by atoms with Crippen LogP contribution in [0.3, 0.4) is 0 Å². The summed E-state index contributed by atoms with van der Waals surface area (Å²) in [7, 11) is 0. The van der Waals surface area contributed by atoms with Crippen LogP contribution in [-0.4, -0.2) is 43.9 Å². The number of nitrogens with zero attached hydrogens (tertiary/aromatic N) is 3. The molecule has 2 amide bonds. The predicted molar refractivity (Wildman–Crippen MR) is 99.0 cm³/mol. The van der Waals surface area contributed by atoms with Gasteiger partial charge in [0.25, 0.3) is 11.8 Å². The third-order valence-corrected chi connectivity index (χ3v) is 4.37. The first-order chi connectivity index (χ1) is 13.9. The summed E-state index contributed by atoms with van der Waals surface area (Å²) in [6, 6.07) is 9.70. The van der Waals surface area contributed by atoms with Gasteiger partial charge in [-0.15, -0.1) is 0 Å². The molecule has 4 rings (SSSR count). The van der Waals surface area contributed by atoms with Gasteiger partial charge in [-0.2, -0.15) is 0 Å². The van der Waals surface area contributed by atoms with Crippen molar-refractivity contribution in [2.45, 2.75) is 0 Å². The van der Waals surface area contributed by atoms with E-state index in [9.17, 15) is 29.4 Å². The number of amides is 2. The molecule has 1 aliphatic rings. The summed E-state index contributed by atoms with van der Waals surface area (Å²) >= 11 is 0. The lowest BCUT2D eigenvalue weighted by Crippen LogP contribution is -2.29. The van der Waals surface area contributed by atoms with Gasteiger partial charge in [0.15, 0.2) is 0 Å². The molecule has 3 aromatic rings. The van der Waals surface area contributed by atoms with Crippen molar-refractivity contribution in [1.29, 1.82) is 0 Å². The Hall–Kier alpha value is -4.40. The second kappa shape index (κ2) is 6.64. The highest BCUT2D eigenvalue weighted by Gasteiger charge is 2.38. The molecule has 2 N–H and O–H groups in total. The topological polar surface area (TPSA) is 138 Å². The van der Waals surface area contributed by atoms with E-state index in [2.05, 4.69) is 9.97 Å². The molecular weight excluding hydrogens is 378 g/mol. The van der Waals surface area contributed by atoms with Gasteiger partial charge in [0.05, 0.1) is 39.3 Å². The number of carbonyl (C=O) groups excluding carboxylic acids is 2. The number of hydrogen-bond acceptors (Lipinski definition) is 6. The van der Waals surface area contributed by atoms with Crippen LogP contribution < -0.4 is 4.90 Å². The zero-order valence-electron chi connectivity index (χ0n) is 14.6. The molecule has 0 spiro atoms. The Morgan fingerprint density at radius 1 is 0.793 bits per heavy atom. The molecule has 0 fully saturated rings. The molecule has 1 aromatic carbocycles. The highest BCUT2D eigenvalue weighted by molar-refractivity contribution is 6.34. The van der Waals surface area contributed by atoms with Crippen molar-refractivity contribution < 1.29 is 29.4 Å². The number of carboxylic acids is 2. The predicted octanol–water partition coefficient (Wildman–Crippen LogP) is 2.34. The van der Waals surface area contributed by atoms with Gasteiger partial charge in [-0.1, -0.05) is 6.07 Å². The Kier molecular flexibility index (Phi) is 4.12. The lowest BCUT2D eigenvalue weighted by Gasteiger charge is -2.15. The molecule has 9 nitrogen and oxygen atoms in total. The minimum atomic E-state index is -1.38. The van der Waals surface area contributed by atoms with Crippen LogP contribution in [0.25, 0.3) is 11.4 Å². The number of imide groups is 1. The van der Waals surface area contributed by atoms with Crippen LogP contribution >= 0.6 is 0 Å². The third-order valence-electron chi connectivity index (χ3n) is 4.37. The molecule has 1 aliphatic heterocycles. The number of rotatable bonds is 4. The quantitative estimate of drug-likeness (QED) is 0.649. The number of anilines is 1. The van der Waals surface area contributed by atoms with E-state index in [1.165, 1.54) is 12.3 Å². The van der Waals surface area contributed by atoms with Crippen molar-refractivity contribution >= 4 is 29.4 Å². The fourth-order valence-corrected chi connectivity index (χ4v) is 3.01. The van der Waals surface area contributed by atoms with E-state index in [0.717, 1.165) is 23.1 Å². The Morgan fingerprint density at radius 2 is 1.45 bits per heavy atom. The van der Waals surface area contributed by atoms with Crippen molar-refractivity contribution in [2.24, 2.45) is 0 Å². The van der Waals surface area contributed by atoms with Gasteiger partial charge < -0.3 is 10.2 Å². The average molecular weight is 389 g/mol. The number of carboxylic acid groups (broad SMARTS) is 2. The summed E-state index contributed by atoms with van der Waals surface area (Å²) in [6.07, 6.45) is 2.81. The van der Waals surface area contributed by atoms with Gasteiger partial charge in [0.2, 0.25) is 0 Å². The minimum absolute atomic E-state index is 0.0345. The first-order valence-corrected chi connectivity index (χ1v) is 8.28. The lowest BCUT2D eigenvalue weighted by atomic mass is 10.1. The van der Waals surface area contributed by atoms with Crippen molar-refractivity contribution in [3.8, 4) is 11.4 Å². The number of benzene rings is 1. The molecule has 0 aliphatic carbocycles. The van der Waals surface area contributed by atoms with Crippen LogP contribution in [-0.2, 0) is 0 Å². The SMILES string of the molecule is O=C(O)c1cc(C(=O)O)cc(N2C(=O)c3cnc(-c4ccccn4)cc3C2=O)c1. The molecule has 3 heterocycles. The summed E-state index contributed by atoms with van der Waals surface area (Å²) in [6.45, 7) is 0. The van der Waals surface area contributed by atoms with E-state index < -0.39 is 23.8 Å². The maximum atomic E-state index is 12.9. The normalized spacial score (nSPS) is 12.8. The van der Waals surface area contributed by atoms with Crippen LogP contribution in [0, 0.1) is 0 Å². The Balaban J connectivity index is 1.81. The molecule has 9 heteroatoms. The first-order valence-electron chi connectivity index (χ1n) is 8.28. The number of fused-ring (bicyclic) bond motifs is 1. The lowest BCUT2D eigenvalue weighted by molar-refractivity contribution is 0.0695. The molecule has 142 valence electrons. The van der Waals surface area contributed by atoms with Crippen LogP contribution in [0.5, 0.6) is 0 Å². The maximum absolute atomic E-state index is 12.9. The van der Waals surface area contributed by atoms with Gasteiger partial charge in [0.1, 0.15) is 0 Å². The van der Waals surface area contributed by atoms with E-state index in [-0.39, 0.29) is 27.9 Å². The van der Waals surface area contributed by atoms with Gasteiger partial charge in [-0.3, -0.25) is 19.6 Å². The fourth-order valence-electron chi connectivity index (χ4n) is 3.01. The van der Waals surface area contributed by atoms with Crippen molar-refractivity contribution in [3.63, 3.8) is 0 Å². The van der Waals surface area contributed by atoms with E-state index in [1.807, 2.05) is 0 Å². The fraction of sp³-hybridized carbons (Fsp3) is 0. The number of pyridine rings is 2. The first kappa shape index (κ1) is 18.0. The monoisotopic (exact) mass is 389 g/mol. The summed E-state index contributed by atoms with van der Waals surface area (Å²) in [4.78, 5) is 57.4. The Labute approximate surface area is 162 Å². The number of hydrogen-bond donors (Lipinski definition) is 2. The van der Waals surface area contributed by atoms with Crippen LogP contribution in [0.4, 0.5) is 5.69 Å². The van der Waals surface area contributed by atoms with Gasteiger partial charge in [0, 0.05) is 12.4 Å². The molecule has 0 radical (unpaired) electrons. The van der Waals surface area contributed by atoms with Crippen molar-refractivity contribution in [3.05, 3.63) is 77.1 Å². The number of aromatic carboxylic acids is 2. The highest BCUT2D eigenvalue weighted by atomic mass is 16.4. The molecule has 0 bridgehead atoms. The molecule has 0 unspecified atom stereocenters. The number of carbonyl (C=O) groups is 4. The molecule has 0 atom stereocenters. The Bertz CT molecular complexity index is 1170. The van der Waals surface area contributed by atoms with Gasteiger partial charge in [-0.05, 0) is 36.4 Å². The van der Waals surface area contributed by atoms with Crippen LogP contribution in [0.1, 0.15) is 41.4 Å². The molecule has 0 saturated heterocycles. The van der Waals surface area contributed by atoms with E-state index in [1.54, 1.807) is 24.4 Å². The van der Waals surface area contributed by atoms with Crippen molar-refractivity contribution in [2.75, 3.05) is 4.90 Å².